The third-order valence-electron chi connectivity index (χ3n) is 2.66. The molecule has 0 aliphatic rings. The maximum absolute atomic E-state index is 13.8. The van der Waals surface area contributed by atoms with Crippen molar-refractivity contribution in [2.24, 2.45) is 5.18 Å². The fourth-order valence-corrected chi connectivity index (χ4v) is 2.13. The van der Waals surface area contributed by atoms with Crippen molar-refractivity contribution in [2.75, 3.05) is 12.4 Å². The van der Waals surface area contributed by atoms with Gasteiger partial charge in [-0.25, -0.2) is 13.2 Å². The minimum Gasteiger partial charge on any atom is -0.494 e. The molecule has 0 radical (unpaired) electrons. The Morgan fingerprint density at radius 2 is 1.90 bits per heavy atom. The molecular weight excluding hydrogens is 400 g/mol. The topological polar surface area (TPSA) is 50.7 Å². The Morgan fingerprint density at radius 1 is 1.19 bits per heavy atom. The predicted molar refractivity (Wildman–Crippen MR) is 80.8 cm³/mol. The first-order valence-electron chi connectivity index (χ1n) is 5.59. The molecule has 0 aliphatic carbocycles. The van der Waals surface area contributed by atoms with Crippen LogP contribution in [0.15, 0.2) is 29.4 Å². The highest BCUT2D eigenvalue weighted by Gasteiger charge is 2.21. The van der Waals surface area contributed by atoms with E-state index in [0.29, 0.717) is 9.64 Å². The molecule has 0 amide bonds. The Balaban J connectivity index is 2.57. The normalized spacial score (nSPS) is 10.3. The lowest BCUT2D eigenvalue weighted by Crippen LogP contribution is -2.01. The molecule has 0 spiro atoms. The second-order valence-electron chi connectivity index (χ2n) is 3.94. The molecule has 0 atom stereocenters. The van der Waals surface area contributed by atoms with Crippen LogP contribution in [-0.4, -0.2) is 7.11 Å². The van der Waals surface area contributed by atoms with Gasteiger partial charge in [-0.1, -0.05) is 0 Å². The van der Waals surface area contributed by atoms with Gasteiger partial charge in [-0.15, -0.1) is 4.91 Å². The Morgan fingerprint density at radius 3 is 2.48 bits per heavy atom. The summed E-state index contributed by atoms with van der Waals surface area (Å²) in [6.45, 7) is 0. The quantitative estimate of drug-likeness (QED) is 0.581. The molecule has 0 unspecified atom stereocenters. The number of methoxy groups -OCH3 is 1. The first-order chi connectivity index (χ1) is 9.97. The number of nitroso groups, excluding NO2 is 1. The molecule has 8 heteroatoms. The highest BCUT2D eigenvalue weighted by molar-refractivity contribution is 14.1. The number of benzene rings is 2. The molecule has 0 saturated carbocycles. The lowest BCUT2D eigenvalue weighted by atomic mass is 10.2. The highest BCUT2D eigenvalue weighted by Crippen LogP contribution is 2.40. The van der Waals surface area contributed by atoms with Gasteiger partial charge in [-0.2, -0.15) is 0 Å². The van der Waals surface area contributed by atoms with Crippen molar-refractivity contribution in [1.82, 2.24) is 0 Å². The van der Waals surface area contributed by atoms with Crippen LogP contribution in [0.2, 0.25) is 0 Å². The molecule has 4 nitrogen and oxygen atoms in total. The van der Waals surface area contributed by atoms with Crippen molar-refractivity contribution >= 4 is 39.7 Å². The average Bonchev–Trinajstić information content (AvgIpc) is 2.46. The van der Waals surface area contributed by atoms with Crippen molar-refractivity contribution in [1.29, 1.82) is 0 Å². The molecule has 0 aromatic heterocycles. The molecule has 0 aliphatic heterocycles. The number of anilines is 2. The second-order valence-corrected chi connectivity index (χ2v) is 5.18. The molecule has 2 aromatic rings. The molecule has 0 heterocycles. The van der Waals surface area contributed by atoms with Crippen LogP contribution in [0.1, 0.15) is 0 Å². The van der Waals surface area contributed by atoms with Gasteiger partial charge in [-0.3, -0.25) is 0 Å². The fraction of sp³-hybridized carbons (Fsp3) is 0.0769. The van der Waals surface area contributed by atoms with E-state index in [4.69, 9.17) is 4.74 Å². The van der Waals surface area contributed by atoms with E-state index in [1.807, 2.05) is 22.6 Å². The number of ether oxygens (including phenoxy) is 1. The second kappa shape index (κ2) is 6.29. The van der Waals surface area contributed by atoms with Crippen LogP contribution in [0.4, 0.5) is 30.2 Å². The van der Waals surface area contributed by atoms with Crippen LogP contribution >= 0.6 is 22.6 Å². The number of nitrogens with one attached hydrogen (secondary N) is 1. The summed E-state index contributed by atoms with van der Waals surface area (Å²) in [6.07, 6.45) is 0. The predicted octanol–water partition coefficient (Wildman–Crippen LogP) is 4.86. The Labute approximate surface area is 131 Å². The first kappa shape index (κ1) is 15.5. The van der Waals surface area contributed by atoms with Gasteiger partial charge in [0, 0.05) is 9.64 Å². The maximum atomic E-state index is 13.8. The van der Waals surface area contributed by atoms with Gasteiger partial charge in [0.2, 0.25) is 0 Å². The summed E-state index contributed by atoms with van der Waals surface area (Å²) in [5.74, 6) is -3.52. The summed E-state index contributed by atoms with van der Waals surface area (Å²) < 4.78 is 46.5. The van der Waals surface area contributed by atoms with Crippen LogP contribution in [0.25, 0.3) is 0 Å². The number of hydrogen-bond acceptors (Lipinski definition) is 4. The van der Waals surface area contributed by atoms with Crippen molar-refractivity contribution < 1.29 is 17.9 Å². The molecule has 2 rings (SSSR count). The summed E-state index contributed by atoms with van der Waals surface area (Å²) in [6, 6.07) is 4.80. The van der Waals surface area contributed by atoms with Crippen LogP contribution in [0, 0.1) is 25.9 Å². The van der Waals surface area contributed by atoms with Crippen molar-refractivity contribution in [3.8, 4) is 5.75 Å². The molecular formula is C13H8F3IN2O2. The van der Waals surface area contributed by atoms with E-state index in [2.05, 4.69) is 10.5 Å². The van der Waals surface area contributed by atoms with Crippen molar-refractivity contribution in [3.63, 3.8) is 0 Å². The average molecular weight is 408 g/mol. The van der Waals surface area contributed by atoms with E-state index in [9.17, 15) is 18.1 Å². The van der Waals surface area contributed by atoms with E-state index < -0.39 is 28.8 Å². The number of rotatable bonds is 4. The van der Waals surface area contributed by atoms with Gasteiger partial charge in [0.1, 0.15) is 11.5 Å². The lowest BCUT2D eigenvalue weighted by molar-refractivity contribution is 0.408. The fourth-order valence-electron chi connectivity index (χ4n) is 1.68. The summed E-state index contributed by atoms with van der Waals surface area (Å²) in [5, 5.41) is 4.95. The van der Waals surface area contributed by atoms with Gasteiger partial charge in [-0.05, 0) is 46.0 Å². The van der Waals surface area contributed by atoms with E-state index in [0.717, 1.165) is 0 Å². The SMILES string of the molecule is COc1cc(F)c(F)c(Nc2ccc(I)cc2F)c1N=O. The van der Waals surface area contributed by atoms with E-state index >= 15 is 0 Å². The van der Waals surface area contributed by atoms with Crippen molar-refractivity contribution in [2.45, 2.75) is 0 Å². The summed E-state index contributed by atoms with van der Waals surface area (Å²) in [5.41, 5.74) is -1.18. The van der Waals surface area contributed by atoms with Gasteiger partial charge in [0.25, 0.3) is 0 Å². The van der Waals surface area contributed by atoms with E-state index in [1.165, 1.54) is 19.2 Å². The third-order valence-corrected chi connectivity index (χ3v) is 3.33. The highest BCUT2D eigenvalue weighted by atomic mass is 127. The zero-order chi connectivity index (χ0) is 15.6. The molecule has 0 fully saturated rings. The van der Waals surface area contributed by atoms with Crippen LogP contribution in [-0.2, 0) is 0 Å². The monoisotopic (exact) mass is 408 g/mol. The number of hydrogen-bond donors (Lipinski definition) is 1. The Hall–Kier alpha value is -1.84. The zero-order valence-electron chi connectivity index (χ0n) is 10.6. The summed E-state index contributed by atoms with van der Waals surface area (Å²) >= 11 is 1.90. The summed E-state index contributed by atoms with van der Waals surface area (Å²) in [4.78, 5) is 10.8. The molecule has 0 bridgehead atoms. The third kappa shape index (κ3) is 3.09. The molecule has 1 N–H and O–H groups in total. The molecule has 0 saturated heterocycles. The molecule has 110 valence electrons. The first-order valence-corrected chi connectivity index (χ1v) is 6.67. The zero-order valence-corrected chi connectivity index (χ0v) is 12.7. The standard InChI is InChI=1S/C13H8F3IN2O2/c1-21-10-5-8(15)11(16)13(12(10)19-20)18-9-3-2-6(17)4-7(9)14/h2-5,18H,1H3. The lowest BCUT2D eigenvalue weighted by Gasteiger charge is -2.13. The van der Waals surface area contributed by atoms with Gasteiger partial charge < -0.3 is 10.1 Å². The van der Waals surface area contributed by atoms with Gasteiger partial charge in [0.15, 0.2) is 23.1 Å². The molecule has 21 heavy (non-hydrogen) atoms. The minimum absolute atomic E-state index is 0.119. The van der Waals surface area contributed by atoms with E-state index in [-0.39, 0.29) is 11.4 Å². The van der Waals surface area contributed by atoms with E-state index in [1.54, 1.807) is 6.07 Å². The minimum atomic E-state index is -1.34. The van der Waals surface area contributed by atoms with Crippen molar-refractivity contribution in [3.05, 3.63) is 50.2 Å². The van der Waals surface area contributed by atoms with Crippen LogP contribution in [0.5, 0.6) is 5.75 Å². The largest absolute Gasteiger partial charge is 0.494 e. The Bertz CT molecular complexity index is 710. The van der Waals surface area contributed by atoms with Crippen LogP contribution in [0.3, 0.4) is 0 Å². The molecule has 2 aromatic carbocycles. The van der Waals surface area contributed by atoms with Gasteiger partial charge in [0.05, 0.1) is 12.8 Å². The Kier molecular flexibility index (Phi) is 4.66. The van der Waals surface area contributed by atoms with Crippen LogP contribution < -0.4 is 10.1 Å². The number of halogens is 4. The maximum Gasteiger partial charge on any atom is 0.184 e. The smallest absolute Gasteiger partial charge is 0.184 e. The number of nitrogens with zero attached hydrogens (tertiary/aromatic N) is 1. The van der Waals surface area contributed by atoms with Gasteiger partial charge >= 0.3 is 0 Å². The summed E-state index contributed by atoms with van der Waals surface area (Å²) in [7, 11) is 1.18.